The number of benzene rings is 1. The van der Waals surface area contributed by atoms with Crippen molar-refractivity contribution in [1.29, 1.82) is 0 Å². The first-order chi connectivity index (χ1) is 12.4. The summed E-state index contributed by atoms with van der Waals surface area (Å²) in [6.07, 6.45) is -0.320. The molecule has 0 saturated carbocycles. The zero-order chi connectivity index (χ0) is 20.6. The highest BCUT2D eigenvalue weighted by Gasteiger charge is 2.46. The lowest BCUT2D eigenvalue weighted by Crippen LogP contribution is -2.66. The van der Waals surface area contributed by atoms with Crippen molar-refractivity contribution in [2.45, 2.75) is 64.4 Å². The highest BCUT2D eigenvalue weighted by molar-refractivity contribution is 7.89. The molecule has 0 aromatic heterocycles. The predicted molar refractivity (Wildman–Crippen MR) is 102 cm³/mol. The molecule has 1 heterocycles. The van der Waals surface area contributed by atoms with E-state index in [1.165, 1.54) is 0 Å². The van der Waals surface area contributed by atoms with Gasteiger partial charge in [0.15, 0.2) is 0 Å². The van der Waals surface area contributed by atoms with E-state index in [4.69, 9.17) is 4.74 Å². The molecule has 1 amide bonds. The number of hydrogen-bond donors (Lipinski definition) is 1. The third-order valence-corrected chi connectivity index (χ3v) is 6.66. The zero-order valence-electron chi connectivity index (χ0n) is 16.8. The summed E-state index contributed by atoms with van der Waals surface area (Å²) >= 11 is 0. The number of aryl methyl sites for hydroxylation is 3. The number of nitrogens with one attached hydrogen (secondary N) is 1. The molecular formula is C19H28N2O5S. The Kier molecular flexibility index (Phi) is 6.01. The van der Waals surface area contributed by atoms with E-state index in [9.17, 15) is 18.0 Å². The fourth-order valence-electron chi connectivity index (χ4n) is 3.60. The van der Waals surface area contributed by atoms with E-state index in [1.54, 1.807) is 46.8 Å². The number of piperazine rings is 1. The minimum absolute atomic E-state index is 0.0674. The molecular weight excluding hydrogens is 368 g/mol. The summed E-state index contributed by atoms with van der Waals surface area (Å²) in [7, 11) is -3.99. The Morgan fingerprint density at radius 3 is 2.33 bits per heavy atom. The van der Waals surface area contributed by atoms with Gasteiger partial charge in [-0.15, -0.1) is 0 Å². The maximum atomic E-state index is 13.5. The van der Waals surface area contributed by atoms with Crippen LogP contribution in [0.1, 0.15) is 43.9 Å². The Hall–Kier alpha value is -1.93. The molecule has 1 atom stereocenters. The molecule has 1 saturated heterocycles. The van der Waals surface area contributed by atoms with Gasteiger partial charge < -0.3 is 10.1 Å². The van der Waals surface area contributed by atoms with Crippen molar-refractivity contribution in [3.8, 4) is 0 Å². The van der Waals surface area contributed by atoms with E-state index in [0.29, 0.717) is 11.1 Å². The SMILES string of the molecule is CCOC(=O)CC1C(=O)NC(C)(C)CN1S(=O)(=O)c1c(C)cc(C)cc1C. The molecule has 1 unspecified atom stereocenters. The molecule has 0 radical (unpaired) electrons. The first-order valence-electron chi connectivity index (χ1n) is 8.96. The van der Waals surface area contributed by atoms with Crippen LogP contribution in [0.25, 0.3) is 0 Å². The number of rotatable bonds is 5. The molecule has 1 aliphatic heterocycles. The van der Waals surface area contributed by atoms with Gasteiger partial charge in [0.1, 0.15) is 6.04 Å². The van der Waals surface area contributed by atoms with Gasteiger partial charge in [-0.2, -0.15) is 4.31 Å². The lowest BCUT2D eigenvalue weighted by Gasteiger charge is -2.42. The Balaban J connectivity index is 2.54. The fourth-order valence-corrected chi connectivity index (χ4v) is 5.77. The lowest BCUT2D eigenvalue weighted by atomic mass is 9.99. The van der Waals surface area contributed by atoms with Crippen LogP contribution < -0.4 is 5.32 Å². The van der Waals surface area contributed by atoms with Gasteiger partial charge in [0.05, 0.1) is 17.9 Å². The quantitative estimate of drug-likeness (QED) is 0.767. The lowest BCUT2D eigenvalue weighted by molar-refractivity contribution is -0.147. The van der Waals surface area contributed by atoms with E-state index < -0.39 is 33.5 Å². The number of sulfonamides is 1. The van der Waals surface area contributed by atoms with E-state index in [1.807, 2.05) is 6.92 Å². The van der Waals surface area contributed by atoms with Crippen molar-refractivity contribution in [3.63, 3.8) is 0 Å². The van der Waals surface area contributed by atoms with Gasteiger partial charge in [-0.05, 0) is 52.7 Å². The van der Waals surface area contributed by atoms with E-state index in [2.05, 4.69) is 5.32 Å². The Morgan fingerprint density at radius 1 is 1.26 bits per heavy atom. The smallest absolute Gasteiger partial charge is 0.307 e. The summed E-state index contributed by atoms with van der Waals surface area (Å²) in [6, 6.07) is 2.47. The number of nitrogens with zero attached hydrogens (tertiary/aromatic N) is 1. The monoisotopic (exact) mass is 396 g/mol. The normalized spacial score (nSPS) is 20.2. The van der Waals surface area contributed by atoms with Crippen molar-refractivity contribution in [2.24, 2.45) is 0 Å². The van der Waals surface area contributed by atoms with E-state index >= 15 is 0 Å². The second-order valence-corrected chi connectivity index (χ2v) is 9.50. The maximum Gasteiger partial charge on any atom is 0.307 e. The summed E-state index contributed by atoms with van der Waals surface area (Å²) in [5, 5.41) is 2.79. The van der Waals surface area contributed by atoms with Crippen LogP contribution in [0.3, 0.4) is 0 Å². The van der Waals surface area contributed by atoms with Crippen LogP contribution >= 0.6 is 0 Å². The minimum atomic E-state index is -3.99. The highest BCUT2D eigenvalue weighted by atomic mass is 32.2. The van der Waals surface area contributed by atoms with Crippen LogP contribution in [0.5, 0.6) is 0 Å². The summed E-state index contributed by atoms with van der Waals surface area (Å²) in [5.74, 6) is -1.10. The highest BCUT2D eigenvalue weighted by Crippen LogP contribution is 2.30. The topological polar surface area (TPSA) is 92.8 Å². The van der Waals surface area contributed by atoms with Crippen LogP contribution in [0.15, 0.2) is 17.0 Å². The van der Waals surface area contributed by atoms with Gasteiger partial charge in [-0.1, -0.05) is 17.7 Å². The number of ether oxygens (including phenoxy) is 1. The molecule has 1 aromatic rings. The molecule has 8 heteroatoms. The molecule has 1 aromatic carbocycles. The molecule has 27 heavy (non-hydrogen) atoms. The average molecular weight is 397 g/mol. The summed E-state index contributed by atoms with van der Waals surface area (Å²) in [6.45, 7) is 10.8. The van der Waals surface area contributed by atoms with Gasteiger partial charge in [0.2, 0.25) is 15.9 Å². The second-order valence-electron chi connectivity index (χ2n) is 7.68. The fraction of sp³-hybridized carbons (Fsp3) is 0.579. The van der Waals surface area contributed by atoms with Gasteiger partial charge in [-0.25, -0.2) is 8.42 Å². The van der Waals surface area contributed by atoms with Crippen LogP contribution in [-0.2, 0) is 24.3 Å². The van der Waals surface area contributed by atoms with Crippen molar-refractivity contribution in [1.82, 2.24) is 9.62 Å². The molecule has 2 rings (SSSR count). The Bertz CT molecular complexity index is 838. The third-order valence-electron chi connectivity index (χ3n) is 4.50. The molecule has 7 nitrogen and oxygen atoms in total. The third kappa shape index (κ3) is 4.50. The maximum absolute atomic E-state index is 13.5. The molecule has 0 spiro atoms. The van der Waals surface area contributed by atoms with Crippen molar-refractivity contribution in [3.05, 3.63) is 28.8 Å². The zero-order valence-corrected chi connectivity index (χ0v) is 17.6. The molecule has 1 fully saturated rings. The molecule has 1 aliphatic rings. The number of carbonyl (C=O) groups excluding carboxylic acids is 2. The molecule has 1 N–H and O–H groups in total. The number of amides is 1. The van der Waals surface area contributed by atoms with Gasteiger partial charge in [0.25, 0.3) is 0 Å². The largest absolute Gasteiger partial charge is 0.466 e. The summed E-state index contributed by atoms with van der Waals surface area (Å²) in [5.41, 5.74) is 1.45. The second kappa shape index (κ2) is 7.59. The number of esters is 1. The Morgan fingerprint density at radius 2 is 1.81 bits per heavy atom. The molecule has 0 bridgehead atoms. The first kappa shape index (κ1) is 21.4. The van der Waals surface area contributed by atoms with E-state index in [0.717, 1.165) is 9.87 Å². The average Bonchev–Trinajstić information content (AvgIpc) is 2.48. The van der Waals surface area contributed by atoms with Crippen LogP contribution in [0.4, 0.5) is 0 Å². The van der Waals surface area contributed by atoms with Crippen molar-refractivity contribution >= 4 is 21.9 Å². The van der Waals surface area contributed by atoms with Crippen LogP contribution in [0, 0.1) is 20.8 Å². The standard InChI is InChI=1S/C19H28N2O5S/c1-7-26-16(22)10-15-18(23)20-19(5,6)11-21(15)27(24,25)17-13(3)8-12(2)9-14(17)4/h8-9,15H,7,10-11H2,1-6H3,(H,20,23). The van der Waals surface area contributed by atoms with Crippen LogP contribution in [-0.4, -0.2) is 49.3 Å². The van der Waals surface area contributed by atoms with E-state index in [-0.39, 0.29) is 24.5 Å². The first-order valence-corrected chi connectivity index (χ1v) is 10.4. The van der Waals surface area contributed by atoms with Gasteiger partial charge in [0, 0.05) is 12.1 Å². The predicted octanol–water partition coefficient (Wildman–Crippen LogP) is 1.83. The van der Waals surface area contributed by atoms with Crippen molar-refractivity contribution in [2.75, 3.05) is 13.2 Å². The number of carbonyl (C=O) groups is 2. The number of hydrogen-bond acceptors (Lipinski definition) is 5. The summed E-state index contributed by atoms with van der Waals surface area (Å²) < 4.78 is 33.1. The molecule has 150 valence electrons. The van der Waals surface area contributed by atoms with Gasteiger partial charge in [-0.3, -0.25) is 9.59 Å². The minimum Gasteiger partial charge on any atom is -0.466 e. The molecule has 0 aliphatic carbocycles. The summed E-state index contributed by atoms with van der Waals surface area (Å²) in [4.78, 5) is 24.8. The van der Waals surface area contributed by atoms with Crippen LogP contribution in [0.2, 0.25) is 0 Å². The van der Waals surface area contributed by atoms with Crippen molar-refractivity contribution < 1.29 is 22.7 Å². The van der Waals surface area contributed by atoms with Gasteiger partial charge >= 0.3 is 5.97 Å². The Labute approximate surface area is 161 Å².